The highest BCUT2D eigenvalue weighted by atomic mass is 19.1. The van der Waals surface area contributed by atoms with Crippen molar-refractivity contribution >= 4 is 5.82 Å². The summed E-state index contributed by atoms with van der Waals surface area (Å²) < 4.78 is 24.3. The summed E-state index contributed by atoms with van der Waals surface area (Å²) in [6, 6.07) is 7.85. The Morgan fingerprint density at radius 2 is 2.16 bits per heavy atom. The number of halogens is 1. The second-order valence-corrected chi connectivity index (χ2v) is 6.13. The second kappa shape index (κ2) is 7.67. The van der Waals surface area contributed by atoms with Gasteiger partial charge in [-0.25, -0.2) is 9.37 Å². The van der Waals surface area contributed by atoms with Crippen molar-refractivity contribution in [2.24, 2.45) is 0 Å². The van der Waals surface area contributed by atoms with Crippen LogP contribution in [0.1, 0.15) is 12.0 Å². The molecule has 6 nitrogen and oxygen atoms in total. The number of methoxy groups -OCH3 is 1. The number of hydrogen-bond acceptors (Lipinski definition) is 6. The van der Waals surface area contributed by atoms with Gasteiger partial charge in [0.05, 0.1) is 7.11 Å². The first-order valence-electron chi connectivity index (χ1n) is 8.16. The third-order valence-corrected chi connectivity index (χ3v) is 4.26. The number of pyridine rings is 1. The number of likely N-dealkylation sites (tertiary alicyclic amines) is 1. The Balaban J connectivity index is 1.60. The van der Waals surface area contributed by atoms with Crippen LogP contribution >= 0.6 is 0 Å². The van der Waals surface area contributed by atoms with Gasteiger partial charge in [-0.05, 0) is 36.2 Å². The van der Waals surface area contributed by atoms with Crippen molar-refractivity contribution in [3.05, 3.63) is 47.9 Å². The van der Waals surface area contributed by atoms with E-state index >= 15 is 0 Å². The lowest BCUT2D eigenvalue weighted by molar-refractivity contribution is -0.0283. The molecule has 134 valence electrons. The Bertz CT molecular complexity index is 728. The molecule has 0 unspecified atom stereocenters. The Morgan fingerprint density at radius 1 is 1.32 bits per heavy atom. The maximum Gasteiger partial charge on any atom is 0.163 e. The van der Waals surface area contributed by atoms with Gasteiger partial charge in [-0.15, -0.1) is 0 Å². The molecule has 0 saturated carbocycles. The molecule has 1 aliphatic heterocycles. The highest BCUT2D eigenvalue weighted by molar-refractivity contribution is 5.40. The van der Waals surface area contributed by atoms with Crippen molar-refractivity contribution in [2.75, 3.05) is 25.9 Å². The SMILES string of the molecule is COc1cc(F)ccc1O[C@@H]1CCN(Cc2ccnc(N)c2)C[C@H]1O. The molecule has 2 aromatic rings. The first-order valence-corrected chi connectivity index (χ1v) is 8.16. The number of aliphatic hydroxyl groups is 1. The number of hydrogen-bond donors (Lipinski definition) is 2. The first-order chi connectivity index (χ1) is 12.0. The van der Waals surface area contributed by atoms with Gasteiger partial charge in [-0.2, -0.15) is 0 Å². The Morgan fingerprint density at radius 3 is 2.88 bits per heavy atom. The second-order valence-electron chi connectivity index (χ2n) is 6.13. The van der Waals surface area contributed by atoms with Crippen molar-refractivity contribution in [1.82, 2.24) is 9.88 Å². The van der Waals surface area contributed by atoms with Crippen LogP contribution in [0.2, 0.25) is 0 Å². The van der Waals surface area contributed by atoms with Gasteiger partial charge >= 0.3 is 0 Å². The van der Waals surface area contributed by atoms with Crippen molar-refractivity contribution in [3.63, 3.8) is 0 Å². The molecule has 0 aliphatic carbocycles. The number of anilines is 1. The van der Waals surface area contributed by atoms with E-state index in [0.717, 1.165) is 12.1 Å². The topological polar surface area (TPSA) is 80.8 Å². The largest absolute Gasteiger partial charge is 0.493 e. The highest BCUT2D eigenvalue weighted by Crippen LogP contribution is 2.30. The fraction of sp³-hybridized carbons (Fsp3) is 0.389. The number of aliphatic hydroxyl groups excluding tert-OH is 1. The molecule has 2 heterocycles. The summed E-state index contributed by atoms with van der Waals surface area (Å²) in [4.78, 5) is 6.12. The number of β-amino-alcohol motifs (C(OH)–C–C–N with tert-alkyl or cyclic N) is 1. The number of nitrogens with two attached hydrogens (primary N) is 1. The van der Waals surface area contributed by atoms with Gasteiger partial charge in [-0.3, -0.25) is 4.90 Å². The molecule has 3 N–H and O–H groups in total. The Kier molecular flexibility index (Phi) is 5.35. The van der Waals surface area contributed by atoms with Crippen LogP contribution in [0.25, 0.3) is 0 Å². The normalized spacial score (nSPS) is 21.1. The first kappa shape index (κ1) is 17.4. The molecule has 0 radical (unpaired) electrons. The van der Waals surface area contributed by atoms with Crippen LogP contribution in [-0.4, -0.2) is 47.4 Å². The number of benzene rings is 1. The van der Waals surface area contributed by atoms with E-state index in [9.17, 15) is 9.50 Å². The Hall–Kier alpha value is -2.38. The quantitative estimate of drug-likeness (QED) is 0.859. The fourth-order valence-corrected chi connectivity index (χ4v) is 3.01. The highest BCUT2D eigenvalue weighted by Gasteiger charge is 2.30. The summed E-state index contributed by atoms with van der Waals surface area (Å²) in [5.74, 6) is 0.848. The zero-order valence-electron chi connectivity index (χ0n) is 14.1. The molecule has 1 aromatic carbocycles. The lowest BCUT2D eigenvalue weighted by atomic mass is 10.0. The van der Waals surface area contributed by atoms with E-state index in [1.165, 1.54) is 25.3 Å². The molecule has 1 saturated heterocycles. The van der Waals surface area contributed by atoms with E-state index in [1.807, 2.05) is 12.1 Å². The number of nitrogens with zero attached hydrogens (tertiary/aromatic N) is 2. The van der Waals surface area contributed by atoms with Crippen LogP contribution in [0.4, 0.5) is 10.2 Å². The van der Waals surface area contributed by atoms with Crippen molar-refractivity contribution in [1.29, 1.82) is 0 Å². The molecular formula is C18H22FN3O3. The molecule has 2 atom stereocenters. The van der Waals surface area contributed by atoms with E-state index in [0.29, 0.717) is 36.8 Å². The lowest BCUT2D eigenvalue weighted by Crippen LogP contribution is -2.48. The standard InChI is InChI=1S/C18H22FN3O3/c1-24-17-9-13(19)2-3-16(17)25-15-5-7-22(11-14(15)23)10-12-4-6-21-18(20)8-12/h2-4,6,8-9,14-15,23H,5,7,10-11H2,1H3,(H2,20,21)/t14-,15-/m1/s1. The zero-order chi connectivity index (χ0) is 17.8. The van der Waals surface area contributed by atoms with Gasteiger partial charge in [0.25, 0.3) is 0 Å². The molecule has 25 heavy (non-hydrogen) atoms. The van der Waals surface area contributed by atoms with E-state index in [4.69, 9.17) is 15.2 Å². The van der Waals surface area contributed by atoms with Crippen LogP contribution in [0, 0.1) is 5.82 Å². The van der Waals surface area contributed by atoms with Gasteiger partial charge in [-0.1, -0.05) is 0 Å². The number of ether oxygens (including phenoxy) is 2. The van der Waals surface area contributed by atoms with E-state index in [1.54, 1.807) is 6.20 Å². The minimum absolute atomic E-state index is 0.321. The van der Waals surface area contributed by atoms with Gasteiger partial charge in [0, 0.05) is 31.9 Å². The summed E-state index contributed by atoms with van der Waals surface area (Å²) in [6.45, 7) is 1.94. The fourth-order valence-electron chi connectivity index (χ4n) is 3.01. The van der Waals surface area contributed by atoms with Gasteiger partial charge in [0.2, 0.25) is 0 Å². The van der Waals surface area contributed by atoms with E-state index in [-0.39, 0.29) is 6.10 Å². The number of piperidine rings is 1. The predicted molar refractivity (Wildman–Crippen MR) is 91.9 cm³/mol. The zero-order valence-corrected chi connectivity index (χ0v) is 14.1. The van der Waals surface area contributed by atoms with Crippen LogP contribution in [-0.2, 0) is 6.54 Å². The van der Waals surface area contributed by atoms with Crippen molar-refractivity contribution < 1.29 is 19.0 Å². The van der Waals surface area contributed by atoms with Crippen molar-refractivity contribution in [2.45, 2.75) is 25.2 Å². The van der Waals surface area contributed by atoms with E-state index < -0.39 is 11.9 Å². The Labute approximate surface area is 146 Å². The van der Waals surface area contributed by atoms with Crippen LogP contribution in [0.5, 0.6) is 11.5 Å². The number of aromatic nitrogens is 1. The molecule has 1 aromatic heterocycles. The smallest absolute Gasteiger partial charge is 0.163 e. The number of rotatable bonds is 5. The maximum atomic E-state index is 13.3. The third-order valence-electron chi connectivity index (χ3n) is 4.26. The van der Waals surface area contributed by atoms with Crippen LogP contribution in [0.15, 0.2) is 36.5 Å². The molecular weight excluding hydrogens is 325 g/mol. The summed E-state index contributed by atoms with van der Waals surface area (Å²) in [5, 5.41) is 10.4. The third kappa shape index (κ3) is 4.37. The molecule has 1 fully saturated rings. The average Bonchev–Trinajstić information content (AvgIpc) is 2.58. The average molecular weight is 347 g/mol. The molecule has 0 amide bonds. The number of nitrogen functional groups attached to an aromatic ring is 1. The van der Waals surface area contributed by atoms with Crippen LogP contribution in [0.3, 0.4) is 0 Å². The van der Waals surface area contributed by atoms with Gasteiger partial charge in [0.15, 0.2) is 11.5 Å². The molecule has 0 spiro atoms. The summed E-state index contributed by atoms with van der Waals surface area (Å²) in [7, 11) is 1.46. The summed E-state index contributed by atoms with van der Waals surface area (Å²) in [6.07, 6.45) is 1.32. The summed E-state index contributed by atoms with van der Waals surface area (Å²) in [5.41, 5.74) is 6.75. The summed E-state index contributed by atoms with van der Waals surface area (Å²) >= 11 is 0. The molecule has 3 rings (SSSR count). The minimum atomic E-state index is -0.650. The van der Waals surface area contributed by atoms with E-state index in [2.05, 4.69) is 9.88 Å². The predicted octanol–water partition coefficient (Wildman–Crippen LogP) is 1.83. The van der Waals surface area contributed by atoms with Gasteiger partial charge in [0.1, 0.15) is 23.8 Å². The molecule has 0 bridgehead atoms. The molecule has 1 aliphatic rings. The minimum Gasteiger partial charge on any atom is -0.493 e. The lowest BCUT2D eigenvalue weighted by Gasteiger charge is -2.36. The van der Waals surface area contributed by atoms with Crippen molar-refractivity contribution in [3.8, 4) is 11.5 Å². The van der Waals surface area contributed by atoms with Gasteiger partial charge < -0.3 is 20.3 Å². The van der Waals surface area contributed by atoms with Crippen LogP contribution < -0.4 is 15.2 Å². The molecule has 7 heteroatoms. The monoisotopic (exact) mass is 347 g/mol. The maximum absolute atomic E-state index is 13.3.